The maximum Gasteiger partial charge on any atom is 0.270 e. The Morgan fingerprint density at radius 3 is 2.31 bits per heavy atom. The molecule has 4 nitrogen and oxygen atoms in total. The number of benzene rings is 1. The molecule has 0 N–H and O–H groups in total. The Balaban J connectivity index is 2.14. The van der Waals surface area contributed by atoms with E-state index in [0.717, 1.165) is 31.2 Å². The van der Waals surface area contributed by atoms with Gasteiger partial charge < -0.3 is 0 Å². The van der Waals surface area contributed by atoms with Gasteiger partial charge in [0.15, 0.2) is 5.03 Å². The third-order valence-corrected chi connectivity index (χ3v) is 7.77. The van der Waals surface area contributed by atoms with E-state index in [0.29, 0.717) is 16.8 Å². The third-order valence-electron chi connectivity index (χ3n) is 5.98. The molecule has 0 amide bonds. The lowest BCUT2D eigenvalue weighted by molar-refractivity contribution is -0.161. The van der Waals surface area contributed by atoms with Gasteiger partial charge in [0, 0.05) is 30.4 Å². The summed E-state index contributed by atoms with van der Waals surface area (Å²) in [6.45, 7) is 7.30. The number of nitrogens with zero attached hydrogens (tertiary/aromatic N) is 2. The molecule has 1 aliphatic rings. The van der Waals surface area contributed by atoms with Gasteiger partial charge in [-0.15, -0.1) is 0 Å². The molecular formula is C23H26F4N2O2S. The number of aromatic nitrogens is 2. The number of sulfone groups is 1. The van der Waals surface area contributed by atoms with Crippen LogP contribution in [0, 0.1) is 12.8 Å². The zero-order chi connectivity index (χ0) is 24.1. The van der Waals surface area contributed by atoms with E-state index in [4.69, 9.17) is 0 Å². The summed E-state index contributed by atoms with van der Waals surface area (Å²) in [5, 5.41) is 4.01. The second-order valence-electron chi connectivity index (χ2n) is 8.34. The predicted octanol–water partition coefficient (Wildman–Crippen LogP) is 6.33. The van der Waals surface area contributed by atoms with Crippen molar-refractivity contribution in [3.05, 3.63) is 59.3 Å². The normalized spacial score (nSPS) is 21.7. The first-order chi connectivity index (χ1) is 14.7. The summed E-state index contributed by atoms with van der Waals surface area (Å²) in [5.74, 6) is -6.95. The van der Waals surface area contributed by atoms with Crippen molar-refractivity contribution in [1.29, 1.82) is 0 Å². The molecule has 1 aromatic heterocycles. The number of alkyl halides is 4. The standard InChI is InChI=1S/C23H26F4N2O2S/c1-6-7-8-14(2)20-15(3)21(28-29(20)19-13-23(26,27)16(19)4)32(30,31)18-11-9-17(10-12-18)22(5,24)25/h6-12,16,19H,13H2,1-5H3/b7-6-,14-8-. The summed E-state index contributed by atoms with van der Waals surface area (Å²) < 4.78 is 82.8. The Labute approximate surface area is 185 Å². The molecule has 32 heavy (non-hydrogen) atoms. The topological polar surface area (TPSA) is 52.0 Å². The lowest BCUT2D eigenvalue weighted by atomic mass is 9.76. The van der Waals surface area contributed by atoms with E-state index in [-0.39, 0.29) is 15.5 Å². The van der Waals surface area contributed by atoms with Gasteiger partial charge in [-0.05, 0) is 38.5 Å². The molecule has 1 aliphatic carbocycles. The van der Waals surface area contributed by atoms with E-state index in [1.165, 1.54) is 11.6 Å². The highest BCUT2D eigenvalue weighted by atomic mass is 32.2. The monoisotopic (exact) mass is 470 g/mol. The molecule has 1 saturated carbocycles. The van der Waals surface area contributed by atoms with Crippen LogP contribution in [-0.4, -0.2) is 24.1 Å². The Morgan fingerprint density at radius 1 is 1.25 bits per heavy atom. The van der Waals surface area contributed by atoms with Crippen molar-refractivity contribution in [2.45, 2.75) is 68.8 Å². The second-order valence-corrected chi connectivity index (χ2v) is 10.2. The van der Waals surface area contributed by atoms with Gasteiger partial charge in [-0.3, -0.25) is 4.68 Å². The first-order valence-corrected chi connectivity index (χ1v) is 11.7. The van der Waals surface area contributed by atoms with Gasteiger partial charge in [-0.25, -0.2) is 26.0 Å². The smallest absolute Gasteiger partial charge is 0.260 e. The Bertz CT molecular complexity index is 1170. The fourth-order valence-electron chi connectivity index (χ4n) is 3.89. The van der Waals surface area contributed by atoms with Crippen LogP contribution in [0.3, 0.4) is 0 Å². The Kier molecular flexibility index (Phi) is 6.19. The maximum absolute atomic E-state index is 13.9. The highest BCUT2D eigenvalue weighted by Gasteiger charge is 2.55. The minimum absolute atomic E-state index is 0.188. The zero-order valence-electron chi connectivity index (χ0n) is 18.5. The largest absolute Gasteiger partial charge is 0.270 e. The molecule has 0 radical (unpaired) electrons. The van der Waals surface area contributed by atoms with E-state index >= 15 is 0 Å². The SMILES string of the molecule is C/C=C\C=C(\C)c1c(C)c(S(=O)(=O)c2ccc(C(C)(F)F)cc2)nn1C1CC(F)(F)C1C. The molecule has 1 heterocycles. The quantitative estimate of drug-likeness (QED) is 0.366. The average Bonchev–Trinajstić information content (AvgIpc) is 3.07. The van der Waals surface area contributed by atoms with Crippen LogP contribution in [0.5, 0.6) is 0 Å². The number of hydrogen-bond acceptors (Lipinski definition) is 3. The number of halogens is 4. The predicted molar refractivity (Wildman–Crippen MR) is 115 cm³/mol. The van der Waals surface area contributed by atoms with Crippen LogP contribution in [0.1, 0.15) is 57.0 Å². The molecule has 0 saturated heterocycles. The number of rotatable bonds is 6. The molecule has 9 heteroatoms. The summed E-state index contributed by atoms with van der Waals surface area (Å²) in [6, 6.07) is 3.70. The molecule has 2 unspecified atom stereocenters. The first-order valence-electron chi connectivity index (χ1n) is 10.2. The summed E-state index contributed by atoms with van der Waals surface area (Å²) in [4.78, 5) is -0.188. The fraction of sp³-hybridized carbons (Fsp3) is 0.435. The third kappa shape index (κ3) is 4.14. The van der Waals surface area contributed by atoms with Crippen molar-refractivity contribution < 1.29 is 26.0 Å². The van der Waals surface area contributed by atoms with Gasteiger partial charge in [0.2, 0.25) is 9.84 Å². The highest BCUT2D eigenvalue weighted by Crippen LogP contribution is 2.52. The van der Waals surface area contributed by atoms with Crippen LogP contribution >= 0.6 is 0 Å². The van der Waals surface area contributed by atoms with Gasteiger partial charge in [0.1, 0.15) is 0 Å². The van der Waals surface area contributed by atoms with Crippen molar-refractivity contribution in [2.75, 3.05) is 0 Å². The molecular weight excluding hydrogens is 444 g/mol. The summed E-state index contributed by atoms with van der Waals surface area (Å²) in [6.07, 6.45) is 4.89. The van der Waals surface area contributed by atoms with Crippen LogP contribution in [0.2, 0.25) is 0 Å². The second kappa shape index (κ2) is 8.17. The van der Waals surface area contributed by atoms with Crippen molar-refractivity contribution in [3.8, 4) is 0 Å². The summed E-state index contributed by atoms with van der Waals surface area (Å²) >= 11 is 0. The molecule has 174 valence electrons. The van der Waals surface area contributed by atoms with E-state index in [2.05, 4.69) is 5.10 Å². The van der Waals surface area contributed by atoms with Crippen molar-refractivity contribution in [2.24, 2.45) is 5.92 Å². The molecule has 1 fully saturated rings. The van der Waals surface area contributed by atoms with Crippen LogP contribution in [0.4, 0.5) is 17.6 Å². The summed E-state index contributed by atoms with van der Waals surface area (Å²) in [7, 11) is -4.16. The number of hydrogen-bond donors (Lipinski definition) is 0. The maximum atomic E-state index is 13.9. The molecule has 0 spiro atoms. The van der Waals surface area contributed by atoms with Crippen LogP contribution < -0.4 is 0 Å². The number of allylic oxidation sites excluding steroid dienone is 4. The van der Waals surface area contributed by atoms with Gasteiger partial charge in [0.25, 0.3) is 11.8 Å². The average molecular weight is 471 g/mol. The van der Waals surface area contributed by atoms with Gasteiger partial charge >= 0.3 is 0 Å². The highest BCUT2D eigenvalue weighted by molar-refractivity contribution is 7.91. The molecule has 0 aliphatic heterocycles. The van der Waals surface area contributed by atoms with Crippen molar-refractivity contribution in [3.63, 3.8) is 0 Å². The van der Waals surface area contributed by atoms with Crippen LogP contribution in [0.15, 0.2) is 52.4 Å². The van der Waals surface area contributed by atoms with Crippen molar-refractivity contribution in [1.82, 2.24) is 9.78 Å². The fourth-order valence-corrected chi connectivity index (χ4v) is 5.30. The van der Waals surface area contributed by atoms with E-state index in [1.54, 1.807) is 32.1 Å². The van der Waals surface area contributed by atoms with E-state index in [1.807, 2.05) is 6.92 Å². The van der Waals surface area contributed by atoms with Gasteiger partial charge in [0.05, 0.1) is 16.6 Å². The Morgan fingerprint density at radius 2 is 1.84 bits per heavy atom. The summed E-state index contributed by atoms with van der Waals surface area (Å²) in [5.41, 5.74) is 1.16. The lowest BCUT2D eigenvalue weighted by Gasteiger charge is -2.43. The molecule has 0 bridgehead atoms. The van der Waals surface area contributed by atoms with Crippen LogP contribution in [-0.2, 0) is 15.8 Å². The first kappa shape index (κ1) is 24.2. The van der Waals surface area contributed by atoms with Gasteiger partial charge in [-0.1, -0.05) is 37.3 Å². The molecule has 3 rings (SSSR count). The van der Waals surface area contributed by atoms with E-state index < -0.39 is 40.1 Å². The van der Waals surface area contributed by atoms with Crippen LogP contribution in [0.25, 0.3) is 5.57 Å². The molecule has 1 aromatic carbocycles. The Hall–Kier alpha value is -2.42. The molecule has 2 atom stereocenters. The van der Waals surface area contributed by atoms with E-state index in [9.17, 15) is 26.0 Å². The minimum atomic E-state index is -4.16. The molecule has 2 aromatic rings. The zero-order valence-corrected chi connectivity index (χ0v) is 19.4. The van der Waals surface area contributed by atoms with Gasteiger partial charge in [-0.2, -0.15) is 5.10 Å². The van der Waals surface area contributed by atoms with Crippen molar-refractivity contribution >= 4 is 15.4 Å². The minimum Gasteiger partial charge on any atom is -0.260 e. The lowest BCUT2D eigenvalue weighted by Crippen LogP contribution is -2.47.